The lowest BCUT2D eigenvalue weighted by molar-refractivity contribution is -0.159. The van der Waals surface area contributed by atoms with Gasteiger partial charge in [0.1, 0.15) is 5.60 Å². The molecule has 1 aromatic rings. The Balaban J connectivity index is 1.23. The van der Waals surface area contributed by atoms with Crippen molar-refractivity contribution in [2.75, 3.05) is 6.61 Å². The van der Waals surface area contributed by atoms with Gasteiger partial charge in [-0.05, 0) is 93.1 Å². The minimum Gasteiger partial charge on any atom is -0.479 e. The van der Waals surface area contributed by atoms with Crippen molar-refractivity contribution < 1.29 is 29.4 Å². The molecule has 8 nitrogen and oxygen atoms in total. The van der Waals surface area contributed by atoms with E-state index in [1.54, 1.807) is 37.3 Å². The van der Waals surface area contributed by atoms with Crippen LogP contribution in [0.2, 0.25) is 0 Å². The van der Waals surface area contributed by atoms with Crippen LogP contribution in [-0.2, 0) is 19.2 Å². The molecule has 0 radical (unpaired) electrons. The highest BCUT2D eigenvalue weighted by atomic mass is 16.6. The zero-order valence-corrected chi connectivity index (χ0v) is 23.1. The van der Waals surface area contributed by atoms with Gasteiger partial charge in [-0.25, -0.2) is 4.79 Å². The quantitative estimate of drug-likeness (QED) is 0.438. The fraction of sp³-hybridized carbons (Fsp3) is 0.613. The maximum Gasteiger partial charge on any atom is 0.330 e. The lowest BCUT2D eigenvalue weighted by atomic mass is 9.46. The lowest BCUT2D eigenvalue weighted by Crippen LogP contribution is -2.57. The number of Topliss-reactive ketones (excluding diaryl/α,β-unsaturated/α-hetero) is 1. The second-order valence-electron chi connectivity index (χ2n) is 12.5. The summed E-state index contributed by atoms with van der Waals surface area (Å²) in [5, 5.41) is 27.6. The highest BCUT2D eigenvalue weighted by Gasteiger charge is 2.65. The summed E-state index contributed by atoms with van der Waals surface area (Å²) in [6.45, 7) is 5.70. The first-order valence-corrected chi connectivity index (χ1v) is 14.2. The molecule has 3 fully saturated rings. The molecule has 4 aliphatic rings. The molecule has 7 atom stereocenters. The first-order valence-electron chi connectivity index (χ1n) is 14.2. The largest absolute Gasteiger partial charge is 0.479 e. The number of nitrogens with one attached hydrogen (secondary N) is 1. The Morgan fingerprint density at radius 1 is 1.05 bits per heavy atom. The summed E-state index contributed by atoms with van der Waals surface area (Å²) in [6.07, 6.45) is 9.21. The Kier molecular flexibility index (Phi) is 7.20. The summed E-state index contributed by atoms with van der Waals surface area (Å²) >= 11 is 0. The predicted octanol–water partition coefficient (Wildman–Crippen LogP) is 4.58. The number of aliphatic carboxylic acids is 1. The van der Waals surface area contributed by atoms with Crippen LogP contribution in [0.4, 0.5) is 0 Å². The van der Waals surface area contributed by atoms with E-state index in [1.165, 1.54) is 5.57 Å². The van der Waals surface area contributed by atoms with Crippen LogP contribution in [0.25, 0.3) is 0 Å². The highest BCUT2D eigenvalue weighted by molar-refractivity contribution is 5.96. The second-order valence-corrected chi connectivity index (χ2v) is 12.5. The highest BCUT2D eigenvalue weighted by Crippen LogP contribution is 2.67. The van der Waals surface area contributed by atoms with Gasteiger partial charge in [-0.2, -0.15) is 0 Å². The van der Waals surface area contributed by atoms with Crippen molar-refractivity contribution in [1.82, 2.24) is 5.32 Å². The molecule has 0 spiro atoms. The van der Waals surface area contributed by atoms with Crippen molar-refractivity contribution in [3.63, 3.8) is 0 Å². The Morgan fingerprint density at radius 3 is 2.46 bits per heavy atom. The smallest absolute Gasteiger partial charge is 0.330 e. The first-order chi connectivity index (χ1) is 18.5. The lowest BCUT2D eigenvalue weighted by Gasteiger charge is -2.59. The summed E-state index contributed by atoms with van der Waals surface area (Å²) in [7, 11) is 0. The number of carboxylic acids is 1. The zero-order valence-electron chi connectivity index (χ0n) is 23.1. The Bertz CT molecular complexity index is 1210. The summed E-state index contributed by atoms with van der Waals surface area (Å²) in [6, 6.07) is 7.40. The number of hydrogen-bond donors (Lipinski definition) is 3. The molecule has 1 aromatic carbocycles. The summed E-state index contributed by atoms with van der Waals surface area (Å²) < 4.78 is 0. The number of fused-ring (bicyclic) bond motifs is 5. The molecule has 8 heteroatoms. The maximum atomic E-state index is 12.5. The van der Waals surface area contributed by atoms with E-state index < -0.39 is 23.5 Å². The number of ketones is 1. The van der Waals surface area contributed by atoms with Crippen molar-refractivity contribution in [1.29, 1.82) is 0 Å². The van der Waals surface area contributed by atoms with Crippen LogP contribution >= 0.6 is 0 Å². The number of carbonyl (C=O) groups is 3. The van der Waals surface area contributed by atoms with Gasteiger partial charge in [0.05, 0.1) is 5.71 Å². The van der Waals surface area contributed by atoms with Crippen molar-refractivity contribution in [2.45, 2.75) is 83.8 Å². The molecule has 39 heavy (non-hydrogen) atoms. The molecule has 0 bridgehead atoms. The number of benzene rings is 1. The molecule has 0 unspecified atom stereocenters. The van der Waals surface area contributed by atoms with E-state index >= 15 is 0 Å². The van der Waals surface area contributed by atoms with E-state index in [2.05, 4.69) is 30.4 Å². The molecule has 0 aromatic heterocycles. The fourth-order valence-corrected chi connectivity index (χ4v) is 8.55. The van der Waals surface area contributed by atoms with E-state index in [0.29, 0.717) is 29.7 Å². The van der Waals surface area contributed by atoms with Gasteiger partial charge in [-0.3, -0.25) is 9.59 Å². The van der Waals surface area contributed by atoms with E-state index in [1.807, 2.05) is 0 Å². The average molecular weight is 537 g/mol. The van der Waals surface area contributed by atoms with Gasteiger partial charge in [0.15, 0.2) is 18.4 Å². The molecule has 3 N–H and O–H groups in total. The summed E-state index contributed by atoms with van der Waals surface area (Å²) in [5.41, 5.74) is 1.19. The molecule has 0 saturated heterocycles. The molecule has 5 rings (SSSR count). The number of allylic oxidation sites excluding steroid dienone is 2. The van der Waals surface area contributed by atoms with Crippen LogP contribution in [0.15, 0.2) is 47.1 Å². The van der Waals surface area contributed by atoms with E-state index in [4.69, 9.17) is 4.84 Å². The van der Waals surface area contributed by atoms with E-state index in [0.717, 1.165) is 50.7 Å². The minimum absolute atomic E-state index is 0.0575. The number of hydrogen-bond acceptors (Lipinski definition) is 6. The van der Waals surface area contributed by atoms with Crippen molar-refractivity contribution in [3.05, 3.63) is 47.5 Å². The number of nitrogens with zero attached hydrogens (tertiary/aromatic N) is 1. The third-order valence-corrected chi connectivity index (χ3v) is 10.8. The molecule has 1 amide bonds. The zero-order chi connectivity index (χ0) is 28.0. The number of carbonyl (C=O) groups excluding carboxylic acids is 2. The molecule has 0 heterocycles. The maximum absolute atomic E-state index is 12.5. The van der Waals surface area contributed by atoms with Crippen LogP contribution in [0.3, 0.4) is 0 Å². The third kappa shape index (κ3) is 4.60. The average Bonchev–Trinajstić information content (AvgIpc) is 3.19. The normalized spacial score (nSPS) is 37.1. The summed E-state index contributed by atoms with van der Waals surface area (Å²) in [5.74, 6) is -0.380. The van der Waals surface area contributed by atoms with E-state index in [9.17, 15) is 24.6 Å². The SMILES string of the molecule is CC(=O)[C@@]1(O)CC[C@H]2[C@@H]3CCC4=C/C(=N\OCC(=O)N[C@@H](C(=O)O)c5ccccc5)CC[C@]4(C)[C@H]3CC[C@@]21C. The fourth-order valence-electron chi connectivity index (χ4n) is 8.55. The third-order valence-electron chi connectivity index (χ3n) is 10.8. The Labute approximate surface area is 229 Å². The monoisotopic (exact) mass is 536 g/mol. The standard InChI is InChI=1S/C31H40N2O6/c1-19(34)31(38)16-13-25-23-10-9-21-17-22(11-14-29(21,2)24(23)12-15-30(25,31)3)33-39-18-26(35)32-27(28(36)37)20-7-5-4-6-8-20/h4-8,17,23-25,27,38H,9-16,18H2,1-3H3,(H,32,35)(H,36,37)/b33-22-/t23-,24+,25+,27-,29+,30+,31+/m1/s1. The van der Waals surface area contributed by atoms with Gasteiger partial charge in [-0.15, -0.1) is 0 Å². The Hall–Kier alpha value is -3.00. The number of rotatable bonds is 7. The topological polar surface area (TPSA) is 125 Å². The Morgan fingerprint density at radius 2 is 1.77 bits per heavy atom. The van der Waals surface area contributed by atoms with Crippen LogP contribution in [-0.4, -0.2) is 45.8 Å². The van der Waals surface area contributed by atoms with Gasteiger partial charge in [0, 0.05) is 5.41 Å². The van der Waals surface area contributed by atoms with E-state index in [-0.39, 0.29) is 23.2 Å². The molecule has 4 aliphatic carbocycles. The van der Waals surface area contributed by atoms with Crippen molar-refractivity contribution >= 4 is 23.4 Å². The van der Waals surface area contributed by atoms with Crippen LogP contribution in [0, 0.1) is 28.6 Å². The number of oxime groups is 1. The number of aliphatic hydroxyl groups is 1. The van der Waals surface area contributed by atoms with Crippen LogP contribution < -0.4 is 5.32 Å². The van der Waals surface area contributed by atoms with Gasteiger partial charge >= 0.3 is 5.97 Å². The molecule has 210 valence electrons. The van der Waals surface area contributed by atoms with Gasteiger partial charge < -0.3 is 20.4 Å². The number of amides is 1. The molecular weight excluding hydrogens is 496 g/mol. The van der Waals surface area contributed by atoms with Crippen molar-refractivity contribution in [3.8, 4) is 0 Å². The second kappa shape index (κ2) is 10.2. The van der Waals surface area contributed by atoms with Gasteiger partial charge in [0.2, 0.25) is 0 Å². The first kappa shape index (κ1) is 27.6. The number of carboxylic acid groups (broad SMARTS) is 1. The molecular formula is C31H40N2O6. The molecule has 3 saturated carbocycles. The van der Waals surface area contributed by atoms with Crippen molar-refractivity contribution in [2.24, 2.45) is 33.7 Å². The minimum atomic E-state index is -1.19. The molecule has 0 aliphatic heterocycles. The van der Waals surface area contributed by atoms with Crippen LogP contribution in [0.5, 0.6) is 0 Å². The van der Waals surface area contributed by atoms with Gasteiger partial charge in [0.25, 0.3) is 5.91 Å². The van der Waals surface area contributed by atoms with Crippen LogP contribution in [0.1, 0.15) is 83.7 Å². The van der Waals surface area contributed by atoms with Gasteiger partial charge in [-0.1, -0.05) is 54.9 Å². The summed E-state index contributed by atoms with van der Waals surface area (Å²) in [4.78, 5) is 41.9. The predicted molar refractivity (Wildman–Crippen MR) is 146 cm³/mol.